The monoisotopic (exact) mass is 473 g/mol. The first-order chi connectivity index (χ1) is 15.4. The van der Waals surface area contributed by atoms with E-state index in [-0.39, 0.29) is 24.2 Å². The van der Waals surface area contributed by atoms with Gasteiger partial charge in [-0.15, -0.1) is 0 Å². The van der Waals surface area contributed by atoms with Gasteiger partial charge in [0.1, 0.15) is 0 Å². The minimum atomic E-state index is -0.799. The molecule has 2 aromatic carbocycles. The Morgan fingerprint density at radius 1 is 1.00 bits per heavy atom. The molecule has 0 aromatic heterocycles. The topological polar surface area (TPSA) is 66.4 Å². The molecule has 6 heteroatoms. The number of hydrogen-bond acceptors (Lipinski definition) is 2. The lowest BCUT2D eigenvalue weighted by Crippen LogP contribution is -2.30. The van der Waals surface area contributed by atoms with Crippen LogP contribution in [0.1, 0.15) is 62.0 Å². The summed E-state index contributed by atoms with van der Waals surface area (Å²) >= 11 is 13.7. The molecule has 2 fully saturated rings. The molecule has 1 heterocycles. The van der Waals surface area contributed by atoms with Crippen molar-refractivity contribution in [1.29, 1.82) is 0 Å². The Hall–Kier alpha value is -2.04. The molecule has 32 heavy (non-hydrogen) atoms. The SMILES string of the molecule is O=C(O)CCc1ccc(-c2cc(Cl)c(C(C3CCCCC3)C3CCNC3=O)c(Cl)c2)cc1. The largest absolute Gasteiger partial charge is 0.481 e. The van der Waals surface area contributed by atoms with E-state index in [4.69, 9.17) is 28.3 Å². The second-order valence-electron chi connectivity index (χ2n) is 9.05. The number of benzene rings is 2. The van der Waals surface area contributed by atoms with Crippen LogP contribution in [-0.4, -0.2) is 23.5 Å². The highest BCUT2D eigenvalue weighted by Crippen LogP contribution is 2.48. The van der Waals surface area contributed by atoms with Gasteiger partial charge in [0.25, 0.3) is 0 Å². The van der Waals surface area contributed by atoms with Crippen LogP contribution in [0.15, 0.2) is 36.4 Å². The Kier molecular flexibility index (Phi) is 7.42. The highest BCUT2D eigenvalue weighted by atomic mass is 35.5. The third kappa shape index (κ3) is 5.13. The predicted octanol–water partition coefficient (Wildman–Crippen LogP) is 6.48. The number of carboxylic acid groups (broad SMARTS) is 1. The average Bonchev–Trinajstić information content (AvgIpc) is 3.21. The zero-order chi connectivity index (χ0) is 22.7. The standard InChI is InChI=1S/C26H29Cl2NO3/c27-21-14-19(17-9-6-16(7-10-17)8-11-23(30)31)15-22(28)25(21)24(18-4-2-1-3-5-18)20-12-13-29-26(20)32/h6-7,9-10,14-15,18,20,24H,1-5,8,11-13H2,(H,29,32)(H,30,31). The minimum Gasteiger partial charge on any atom is -0.481 e. The fourth-order valence-electron chi connectivity index (χ4n) is 5.40. The van der Waals surface area contributed by atoms with E-state index in [1.165, 1.54) is 19.3 Å². The third-order valence-electron chi connectivity index (χ3n) is 7.01. The maximum absolute atomic E-state index is 12.6. The highest BCUT2D eigenvalue weighted by molar-refractivity contribution is 6.36. The third-order valence-corrected chi connectivity index (χ3v) is 7.64. The van der Waals surface area contributed by atoms with Crippen LogP contribution in [0.3, 0.4) is 0 Å². The molecule has 170 valence electrons. The molecule has 4 nitrogen and oxygen atoms in total. The molecule has 0 spiro atoms. The molecule has 0 bridgehead atoms. The number of rotatable bonds is 7. The Morgan fingerprint density at radius 2 is 1.66 bits per heavy atom. The van der Waals surface area contributed by atoms with E-state index in [9.17, 15) is 9.59 Å². The van der Waals surface area contributed by atoms with E-state index in [1.807, 2.05) is 36.4 Å². The summed E-state index contributed by atoms with van der Waals surface area (Å²) in [5.74, 6) is -0.287. The first-order valence-corrected chi connectivity index (χ1v) is 12.3. The van der Waals surface area contributed by atoms with Crippen molar-refractivity contribution in [2.75, 3.05) is 6.54 Å². The van der Waals surface area contributed by atoms with Crippen LogP contribution in [0, 0.1) is 11.8 Å². The van der Waals surface area contributed by atoms with E-state index in [0.717, 1.165) is 41.5 Å². The fourth-order valence-corrected chi connectivity index (χ4v) is 6.14. The van der Waals surface area contributed by atoms with Crippen molar-refractivity contribution in [2.24, 2.45) is 11.8 Å². The van der Waals surface area contributed by atoms with Gasteiger partial charge in [-0.1, -0.05) is 66.7 Å². The number of nitrogens with one attached hydrogen (secondary N) is 1. The number of carbonyl (C=O) groups excluding carboxylic acids is 1. The van der Waals surface area contributed by atoms with Gasteiger partial charge in [-0.3, -0.25) is 9.59 Å². The fraction of sp³-hybridized carbons (Fsp3) is 0.462. The molecule has 2 N–H and O–H groups in total. The number of carboxylic acids is 1. The Balaban J connectivity index is 1.64. The lowest BCUT2D eigenvalue weighted by atomic mass is 9.70. The Labute approximate surface area is 199 Å². The smallest absolute Gasteiger partial charge is 0.303 e. The number of halogens is 2. The Morgan fingerprint density at radius 3 is 2.22 bits per heavy atom. The molecule has 1 amide bonds. The number of amides is 1. The van der Waals surface area contributed by atoms with Crippen LogP contribution in [0.5, 0.6) is 0 Å². The van der Waals surface area contributed by atoms with Gasteiger partial charge < -0.3 is 10.4 Å². The van der Waals surface area contributed by atoms with Crippen molar-refractivity contribution in [1.82, 2.24) is 5.32 Å². The van der Waals surface area contributed by atoms with Gasteiger partial charge in [-0.25, -0.2) is 0 Å². The van der Waals surface area contributed by atoms with Gasteiger partial charge in [0, 0.05) is 34.8 Å². The van der Waals surface area contributed by atoms with Gasteiger partial charge in [0.15, 0.2) is 0 Å². The van der Waals surface area contributed by atoms with Gasteiger partial charge in [0.2, 0.25) is 5.91 Å². The molecular formula is C26H29Cl2NO3. The number of hydrogen-bond donors (Lipinski definition) is 2. The number of aryl methyl sites for hydroxylation is 1. The second kappa shape index (κ2) is 10.3. The van der Waals surface area contributed by atoms with Crippen LogP contribution in [-0.2, 0) is 16.0 Å². The lowest BCUT2D eigenvalue weighted by molar-refractivity contribution is -0.137. The van der Waals surface area contributed by atoms with E-state index in [2.05, 4.69) is 5.32 Å². The van der Waals surface area contributed by atoms with Crippen LogP contribution in [0.2, 0.25) is 10.0 Å². The van der Waals surface area contributed by atoms with Crippen LogP contribution in [0.4, 0.5) is 0 Å². The minimum absolute atomic E-state index is 0.0465. The maximum Gasteiger partial charge on any atom is 0.303 e. The van der Waals surface area contributed by atoms with Gasteiger partial charge in [-0.2, -0.15) is 0 Å². The van der Waals surface area contributed by atoms with Crippen LogP contribution >= 0.6 is 23.2 Å². The number of carbonyl (C=O) groups is 2. The molecule has 1 saturated carbocycles. The molecule has 2 unspecified atom stereocenters. The highest BCUT2D eigenvalue weighted by Gasteiger charge is 2.40. The summed E-state index contributed by atoms with van der Waals surface area (Å²) in [5.41, 5.74) is 3.80. The van der Waals surface area contributed by atoms with Crippen molar-refractivity contribution in [2.45, 2.75) is 57.3 Å². The number of aliphatic carboxylic acids is 1. The zero-order valence-electron chi connectivity index (χ0n) is 18.1. The van der Waals surface area contributed by atoms with Crippen molar-refractivity contribution in [3.8, 4) is 11.1 Å². The van der Waals surface area contributed by atoms with E-state index in [0.29, 0.717) is 28.9 Å². The molecule has 1 aliphatic heterocycles. The summed E-state index contributed by atoms with van der Waals surface area (Å²) in [5, 5.41) is 13.1. The Bertz CT molecular complexity index is 960. The van der Waals surface area contributed by atoms with Crippen molar-refractivity contribution >= 4 is 35.1 Å². The second-order valence-corrected chi connectivity index (χ2v) is 9.87. The first-order valence-electron chi connectivity index (χ1n) is 11.5. The summed E-state index contributed by atoms with van der Waals surface area (Å²) in [6.07, 6.45) is 7.30. The molecule has 2 aromatic rings. The summed E-state index contributed by atoms with van der Waals surface area (Å²) in [7, 11) is 0. The summed E-state index contributed by atoms with van der Waals surface area (Å²) in [4.78, 5) is 23.4. The molecule has 2 aliphatic rings. The zero-order valence-corrected chi connectivity index (χ0v) is 19.6. The molecule has 1 aliphatic carbocycles. The maximum atomic E-state index is 12.6. The summed E-state index contributed by atoms with van der Waals surface area (Å²) < 4.78 is 0. The van der Waals surface area contributed by atoms with Crippen molar-refractivity contribution in [3.63, 3.8) is 0 Å². The van der Waals surface area contributed by atoms with Gasteiger partial charge in [0.05, 0.1) is 0 Å². The molecular weight excluding hydrogens is 445 g/mol. The van der Waals surface area contributed by atoms with Crippen molar-refractivity contribution < 1.29 is 14.7 Å². The van der Waals surface area contributed by atoms with Crippen LogP contribution in [0.25, 0.3) is 11.1 Å². The van der Waals surface area contributed by atoms with E-state index >= 15 is 0 Å². The van der Waals surface area contributed by atoms with E-state index in [1.54, 1.807) is 0 Å². The van der Waals surface area contributed by atoms with Gasteiger partial charge in [-0.05, 0) is 66.0 Å². The van der Waals surface area contributed by atoms with Gasteiger partial charge >= 0.3 is 5.97 Å². The summed E-state index contributed by atoms with van der Waals surface area (Å²) in [6.45, 7) is 0.717. The first kappa shape index (κ1) is 23.1. The molecule has 1 saturated heterocycles. The predicted molar refractivity (Wildman–Crippen MR) is 128 cm³/mol. The molecule has 4 rings (SSSR count). The van der Waals surface area contributed by atoms with Crippen LogP contribution < -0.4 is 5.32 Å². The van der Waals surface area contributed by atoms with Crippen molar-refractivity contribution in [3.05, 3.63) is 57.6 Å². The molecule has 2 atom stereocenters. The lowest BCUT2D eigenvalue weighted by Gasteiger charge is -2.34. The average molecular weight is 474 g/mol. The molecule has 0 radical (unpaired) electrons. The summed E-state index contributed by atoms with van der Waals surface area (Å²) in [6, 6.07) is 11.8. The van der Waals surface area contributed by atoms with E-state index < -0.39 is 5.97 Å². The normalized spacial score (nSPS) is 20.2. The quantitative estimate of drug-likeness (QED) is 0.483.